The van der Waals surface area contributed by atoms with Crippen molar-refractivity contribution in [3.63, 3.8) is 0 Å². The summed E-state index contributed by atoms with van der Waals surface area (Å²) in [5.41, 5.74) is 3.47. The highest BCUT2D eigenvalue weighted by Gasteiger charge is 2.60. The van der Waals surface area contributed by atoms with Crippen molar-refractivity contribution >= 4 is 34.6 Å². The Balaban J connectivity index is 1.54. The lowest BCUT2D eigenvalue weighted by molar-refractivity contribution is -0.115. The van der Waals surface area contributed by atoms with Gasteiger partial charge < -0.3 is 0 Å². The highest BCUT2D eigenvalue weighted by atomic mass is 32.2. The third kappa shape index (κ3) is 2.87. The zero-order chi connectivity index (χ0) is 19.4. The van der Waals surface area contributed by atoms with Crippen molar-refractivity contribution in [1.29, 1.82) is 0 Å². The summed E-state index contributed by atoms with van der Waals surface area (Å²) in [5, 5.41) is 16.8. The minimum atomic E-state index is -0.123. The number of aryl methyl sites for hydroxylation is 2. The molecule has 4 rings (SSSR count). The van der Waals surface area contributed by atoms with Gasteiger partial charge in [-0.25, -0.2) is 0 Å². The molecule has 1 saturated heterocycles. The third-order valence-electron chi connectivity index (χ3n) is 7.02. The first-order valence-corrected chi connectivity index (χ1v) is 10.5. The third-order valence-corrected chi connectivity index (χ3v) is 7.92. The predicted octanol–water partition coefficient (Wildman–Crippen LogP) is 3.97. The maximum Gasteiger partial charge on any atom is 0.264 e. The van der Waals surface area contributed by atoms with Gasteiger partial charge in [0.15, 0.2) is 5.17 Å². The molecule has 0 unspecified atom stereocenters. The fourth-order valence-electron chi connectivity index (χ4n) is 4.64. The topological polar surface area (TPSA) is 71.6 Å². The highest BCUT2D eigenvalue weighted by Crippen LogP contribution is 2.64. The molecular formula is C20H27N5OS. The molecule has 7 heteroatoms. The Bertz CT molecular complexity index is 894. The SMILES string of the molecule is CCn1cc(/C=C2/S/C(=N\N=C3\C[C@H]4CC[C@@]3(C)C4(C)C)NC2=O)c(C)n1. The summed E-state index contributed by atoms with van der Waals surface area (Å²) < 4.78 is 1.87. The molecule has 0 spiro atoms. The largest absolute Gasteiger partial charge is 0.299 e. The van der Waals surface area contributed by atoms with E-state index >= 15 is 0 Å². The molecule has 2 atom stereocenters. The highest BCUT2D eigenvalue weighted by molar-refractivity contribution is 8.18. The first kappa shape index (κ1) is 18.5. The molecule has 3 fully saturated rings. The van der Waals surface area contributed by atoms with Crippen LogP contribution in [0.15, 0.2) is 21.3 Å². The molecule has 2 saturated carbocycles. The molecule has 2 aliphatic carbocycles. The molecule has 0 radical (unpaired) electrons. The minimum absolute atomic E-state index is 0.123. The summed E-state index contributed by atoms with van der Waals surface area (Å²) in [6.07, 6.45) is 7.33. The summed E-state index contributed by atoms with van der Waals surface area (Å²) in [6, 6.07) is 0. The zero-order valence-corrected chi connectivity index (χ0v) is 17.5. The fourth-order valence-corrected chi connectivity index (χ4v) is 5.40. The standard InChI is InChI=1S/C20H27N5OS/c1-6-25-11-13(12(2)24-25)9-15-17(26)21-18(27-15)23-22-16-10-14-7-8-20(16,5)19(14,3)4/h9,11,14H,6-8,10H2,1-5H3,(H,21,23,26)/b15-9+,22-16-/t14-,20-/m1/s1. The molecule has 1 aromatic rings. The van der Waals surface area contributed by atoms with Gasteiger partial charge in [-0.1, -0.05) is 20.8 Å². The zero-order valence-electron chi connectivity index (χ0n) is 16.7. The quantitative estimate of drug-likeness (QED) is 0.632. The van der Waals surface area contributed by atoms with Crippen LogP contribution >= 0.6 is 11.8 Å². The number of hydrogen-bond donors (Lipinski definition) is 1. The lowest BCUT2D eigenvalue weighted by atomic mass is 9.70. The smallest absolute Gasteiger partial charge is 0.264 e. The van der Waals surface area contributed by atoms with E-state index in [2.05, 4.69) is 41.4 Å². The molecular weight excluding hydrogens is 358 g/mol. The van der Waals surface area contributed by atoms with E-state index in [1.165, 1.54) is 30.3 Å². The number of carbonyl (C=O) groups excluding carboxylic acids is 1. The molecule has 1 aliphatic heterocycles. The van der Waals surface area contributed by atoms with Gasteiger partial charge in [0.1, 0.15) is 0 Å². The Morgan fingerprint density at radius 2 is 2.19 bits per heavy atom. The molecule has 2 heterocycles. The molecule has 1 amide bonds. The van der Waals surface area contributed by atoms with Crippen molar-refractivity contribution in [2.75, 3.05) is 0 Å². The first-order chi connectivity index (χ1) is 12.7. The van der Waals surface area contributed by atoms with Crippen molar-refractivity contribution in [2.45, 2.75) is 60.4 Å². The number of nitrogens with one attached hydrogen (secondary N) is 1. The van der Waals surface area contributed by atoms with Crippen LogP contribution in [-0.2, 0) is 11.3 Å². The van der Waals surface area contributed by atoms with Crippen molar-refractivity contribution in [3.05, 3.63) is 22.4 Å². The van der Waals surface area contributed by atoms with Gasteiger partial charge in [0.2, 0.25) is 0 Å². The number of hydrogen-bond acceptors (Lipinski definition) is 5. The Kier molecular flexibility index (Phi) is 4.33. The average molecular weight is 386 g/mol. The monoisotopic (exact) mass is 385 g/mol. The van der Waals surface area contributed by atoms with Crippen LogP contribution in [0.1, 0.15) is 58.2 Å². The van der Waals surface area contributed by atoms with Gasteiger partial charge in [-0.05, 0) is 62.3 Å². The summed E-state index contributed by atoms with van der Waals surface area (Å²) in [6.45, 7) is 11.8. The Labute approximate surface area is 164 Å². The van der Waals surface area contributed by atoms with Crippen LogP contribution in [0.3, 0.4) is 0 Å². The van der Waals surface area contributed by atoms with E-state index in [1.54, 1.807) is 0 Å². The van der Waals surface area contributed by atoms with Gasteiger partial charge >= 0.3 is 0 Å². The lowest BCUT2D eigenvalue weighted by Gasteiger charge is -2.34. The first-order valence-electron chi connectivity index (χ1n) is 9.64. The summed E-state index contributed by atoms with van der Waals surface area (Å²) in [5.74, 6) is 0.572. The summed E-state index contributed by atoms with van der Waals surface area (Å²) >= 11 is 1.35. The van der Waals surface area contributed by atoms with Crippen LogP contribution in [-0.4, -0.2) is 26.6 Å². The van der Waals surface area contributed by atoms with Gasteiger partial charge in [0, 0.05) is 29.4 Å². The second-order valence-electron chi connectivity index (χ2n) is 8.54. The second kappa shape index (κ2) is 6.33. The van der Waals surface area contributed by atoms with Gasteiger partial charge in [-0.2, -0.15) is 10.2 Å². The number of thioether (sulfide) groups is 1. The van der Waals surface area contributed by atoms with E-state index < -0.39 is 0 Å². The van der Waals surface area contributed by atoms with E-state index in [1.807, 2.05) is 30.8 Å². The van der Waals surface area contributed by atoms with Crippen molar-refractivity contribution in [3.8, 4) is 0 Å². The number of carbonyl (C=O) groups is 1. The van der Waals surface area contributed by atoms with Crippen LogP contribution in [0.25, 0.3) is 6.08 Å². The van der Waals surface area contributed by atoms with Crippen LogP contribution in [0.4, 0.5) is 0 Å². The van der Waals surface area contributed by atoms with Crippen molar-refractivity contribution < 1.29 is 4.79 Å². The Morgan fingerprint density at radius 3 is 2.78 bits per heavy atom. The average Bonchev–Trinajstić information content (AvgIpc) is 3.27. The molecule has 144 valence electrons. The number of rotatable bonds is 3. The summed E-state index contributed by atoms with van der Waals surface area (Å²) in [7, 11) is 0. The normalized spacial score (nSPS) is 33.6. The maximum absolute atomic E-state index is 12.3. The van der Waals surface area contributed by atoms with E-state index in [0.717, 1.165) is 24.2 Å². The lowest BCUT2D eigenvalue weighted by Crippen LogP contribution is -2.32. The molecule has 3 aliphatic rings. The molecule has 0 aromatic carbocycles. The van der Waals surface area contributed by atoms with Gasteiger partial charge in [0.25, 0.3) is 5.91 Å². The number of nitrogens with zero attached hydrogens (tertiary/aromatic N) is 4. The van der Waals surface area contributed by atoms with Gasteiger partial charge in [-0.15, -0.1) is 5.10 Å². The van der Waals surface area contributed by atoms with Gasteiger partial charge in [-0.3, -0.25) is 14.8 Å². The molecule has 2 bridgehead atoms. The van der Waals surface area contributed by atoms with Crippen LogP contribution in [0, 0.1) is 23.7 Å². The molecule has 27 heavy (non-hydrogen) atoms. The predicted molar refractivity (Wildman–Crippen MR) is 110 cm³/mol. The van der Waals surface area contributed by atoms with E-state index in [9.17, 15) is 4.79 Å². The molecule has 1 aromatic heterocycles. The van der Waals surface area contributed by atoms with Crippen LogP contribution < -0.4 is 5.32 Å². The Morgan fingerprint density at radius 1 is 1.41 bits per heavy atom. The Hall–Kier alpha value is -1.89. The number of amides is 1. The van der Waals surface area contributed by atoms with Crippen LogP contribution in [0.2, 0.25) is 0 Å². The van der Waals surface area contributed by atoms with E-state index in [0.29, 0.717) is 16.0 Å². The summed E-state index contributed by atoms with van der Waals surface area (Å²) in [4.78, 5) is 12.9. The van der Waals surface area contributed by atoms with E-state index in [4.69, 9.17) is 0 Å². The molecule has 1 N–H and O–H groups in total. The molecule has 6 nitrogen and oxygen atoms in total. The van der Waals surface area contributed by atoms with Crippen molar-refractivity contribution in [1.82, 2.24) is 15.1 Å². The van der Waals surface area contributed by atoms with Gasteiger partial charge in [0.05, 0.1) is 10.6 Å². The number of amidine groups is 1. The van der Waals surface area contributed by atoms with E-state index in [-0.39, 0.29) is 16.7 Å². The fraction of sp³-hybridized carbons (Fsp3) is 0.600. The number of fused-ring (bicyclic) bond motifs is 2. The number of aromatic nitrogens is 2. The van der Waals surface area contributed by atoms with Crippen LogP contribution in [0.5, 0.6) is 0 Å². The maximum atomic E-state index is 12.3. The van der Waals surface area contributed by atoms with Crippen molar-refractivity contribution in [2.24, 2.45) is 27.0 Å². The second-order valence-corrected chi connectivity index (χ2v) is 9.57. The minimum Gasteiger partial charge on any atom is -0.299 e.